The summed E-state index contributed by atoms with van der Waals surface area (Å²) >= 11 is 1.34. The highest BCUT2D eigenvalue weighted by atomic mass is 32.2. The molecule has 1 amide bonds. The van der Waals surface area contributed by atoms with E-state index in [-0.39, 0.29) is 5.91 Å². The van der Waals surface area contributed by atoms with Gasteiger partial charge in [0.15, 0.2) is 5.82 Å². The fraction of sp³-hybridized carbons (Fsp3) is 0.240. The highest BCUT2D eigenvalue weighted by Gasteiger charge is 2.30. The van der Waals surface area contributed by atoms with E-state index in [0.29, 0.717) is 43.7 Å². The predicted molar refractivity (Wildman–Crippen MR) is 129 cm³/mol. The average Bonchev–Trinajstić information content (AvgIpc) is 3.22. The number of morpholine rings is 1. The molecule has 2 N–H and O–H groups in total. The molecular formula is C25H25N5O2S. The standard InChI is InChI=1S/C25H25N5O2S/c26-30-22(17-20-11-6-10-18-7-4-5-12-21(18)20)27-28-25(30)33-23(19-8-2-1-3-9-19)24(31)29-13-15-32-16-14-29/h1-12,23H,13-17,26H2/t23-/m0/s1. The van der Waals surface area contributed by atoms with Crippen molar-refractivity contribution in [1.29, 1.82) is 0 Å². The minimum absolute atomic E-state index is 0.0353. The summed E-state index contributed by atoms with van der Waals surface area (Å²) in [5.41, 5.74) is 2.05. The van der Waals surface area contributed by atoms with Crippen molar-refractivity contribution in [1.82, 2.24) is 19.8 Å². The lowest BCUT2D eigenvalue weighted by molar-refractivity contribution is -0.134. The largest absolute Gasteiger partial charge is 0.378 e. The van der Waals surface area contributed by atoms with Gasteiger partial charge < -0.3 is 15.5 Å². The molecule has 0 spiro atoms. The molecule has 3 aromatic carbocycles. The highest BCUT2D eigenvalue weighted by Crippen LogP contribution is 2.36. The van der Waals surface area contributed by atoms with Gasteiger partial charge in [-0.05, 0) is 21.9 Å². The number of carbonyl (C=O) groups is 1. The Morgan fingerprint density at radius 2 is 1.70 bits per heavy atom. The van der Waals surface area contributed by atoms with Crippen LogP contribution in [0.1, 0.15) is 22.2 Å². The zero-order chi connectivity index (χ0) is 22.6. The van der Waals surface area contributed by atoms with Gasteiger partial charge in [-0.1, -0.05) is 84.6 Å². The summed E-state index contributed by atoms with van der Waals surface area (Å²) in [5, 5.41) is 11.1. The number of benzene rings is 3. The van der Waals surface area contributed by atoms with Gasteiger partial charge in [0.25, 0.3) is 0 Å². The van der Waals surface area contributed by atoms with Crippen LogP contribution >= 0.6 is 11.8 Å². The van der Waals surface area contributed by atoms with Gasteiger partial charge in [-0.15, -0.1) is 10.2 Å². The molecule has 168 valence electrons. The number of nitrogens with zero attached hydrogens (tertiary/aromatic N) is 4. The van der Waals surface area contributed by atoms with E-state index >= 15 is 0 Å². The number of amides is 1. The van der Waals surface area contributed by atoms with Gasteiger partial charge in [0, 0.05) is 19.5 Å². The highest BCUT2D eigenvalue weighted by molar-refractivity contribution is 8.00. The van der Waals surface area contributed by atoms with E-state index < -0.39 is 5.25 Å². The van der Waals surface area contributed by atoms with Crippen molar-refractivity contribution in [2.45, 2.75) is 16.8 Å². The lowest BCUT2D eigenvalue weighted by atomic mass is 10.0. The van der Waals surface area contributed by atoms with E-state index in [9.17, 15) is 4.79 Å². The lowest BCUT2D eigenvalue weighted by Gasteiger charge is -2.30. The number of ether oxygens (including phenoxy) is 1. The Morgan fingerprint density at radius 1 is 0.970 bits per heavy atom. The Balaban J connectivity index is 1.41. The van der Waals surface area contributed by atoms with Gasteiger partial charge in [0.2, 0.25) is 11.1 Å². The quantitative estimate of drug-likeness (QED) is 0.351. The first-order valence-electron chi connectivity index (χ1n) is 10.9. The zero-order valence-corrected chi connectivity index (χ0v) is 18.9. The van der Waals surface area contributed by atoms with Gasteiger partial charge in [0.1, 0.15) is 5.25 Å². The van der Waals surface area contributed by atoms with Crippen LogP contribution in [0.5, 0.6) is 0 Å². The van der Waals surface area contributed by atoms with Crippen LogP contribution in [-0.4, -0.2) is 52.0 Å². The molecule has 1 aliphatic heterocycles. The number of fused-ring (bicyclic) bond motifs is 1. The average molecular weight is 460 g/mol. The molecule has 0 saturated carbocycles. The Kier molecular flexibility index (Phi) is 6.28. The first-order valence-corrected chi connectivity index (χ1v) is 11.8. The molecule has 1 saturated heterocycles. The second kappa shape index (κ2) is 9.64. The molecule has 0 unspecified atom stereocenters. The van der Waals surface area contributed by atoms with E-state index in [2.05, 4.69) is 34.5 Å². The number of thioether (sulfide) groups is 1. The van der Waals surface area contributed by atoms with Gasteiger partial charge in [0.05, 0.1) is 13.2 Å². The molecule has 1 aromatic heterocycles. The van der Waals surface area contributed by atoms with E-state index in [4.69, 9.17) is 10.6 Å². The molecule has 7 nitrogen and oxygen atoms in total. The van der Waals surface area contributed by atoms with Crippen molar-refractivity contribution in [2.75, 3.05) is 32.1 Å². The van der Waals surface area contributed by atoms with Gasteiger partial charge >= 0.3 is 0 Å². The molecular weight excluding hydrogens is 434 g/mol. The van der Waals surface area contributed by atoms with Crippen LogP contribution < -0.4 is 5.84 Å². The second-order valence-electron chi connectivity index (χ2n) is 7.93. The lowest BCUT2D eigenvalue weighted by Crippen LogP contribution is -2.42. The van der Waals surface area contributed by atoms with Crippen molar-refractivity contribution in [2.24, 2.45) is 0 Å². The molecule has 0 aliphatic carbocycles. The molecule has 4 aromatic rings. The molecule has 2 heterocycles. The maximum Gasteiger partial charge on any atom is 0.240 e. The van der Waals surface area contributed by atoms with Crippen LogP contribution in [0.15, 0.2) is 78.0 Å². The molecule has 1 aliphatic rings. The van der Waals surface area contributed by atoms with Crippen molar-refractivity contribution < 1.29 is 9.53 Å². The fourth-order valence-corrected chi connectivity index (χ4v) is 5.13. The van der Waals surface area contributed by atoms with Crippen LogP contribution in [0.25, 0.3) is 10.8 Å². The number of rotatable bonds is 6. The summed E-state index contributed by atoms with van der Waals surface area (Å²) in [6.07, 6.45) is 0.554. The van der Waals surface area contributed by atoms with Crippen molar-refractivity contribution >= 4 is 28.4 Å². The van der Waals surface area contributed by atoms with Crippen molar-refractivity contribution in [3.05, 3.63) is 89.7 Å². The minimum Gasteiger partial charge on any atom is -0.378 e. The van der Waals surface area contributed by atoms with E-state index in [1.165, 1.54) is 27.2 Å². The Labute approximate surface area is 196 Å². The third-order valence-corrected chi connectivity index (χ3v) is 7.03. The third-order valence-electron chi connectivity index (χ3n) is 5.84. The first-order chi connectivity index (χ1) is 16.2. The van der Waals surface area contributed by atoms with E-state index in [1.54, 1.807) is 0 Å². The van der Waals surface area contributed by atoms with Gasteiger partial charge in [-0.3, -0.25) is 4.79 Å². The summed E-state index contributed by atoms with van der Waals surface area (Å²) in [5.74, 6) is 7.11. The van der Waals surface area contributed by atoms with Crippen LogP contribution in [0, 0.1) is 0 Å². The van der Waals surface area contributed by atoms with Gasteiger partial charge in [-0.2, -0.15) is 0 Å². The summed E-state index contributed by atoms with van der Waals surface area (Å²) in [4.78, 5) is 15.3. The zero-order valence-electron chi connectivity index (χ0n) is 18.1. The van der Waals surface area contributed by atoms with E-state index in [1.807, 2.05) is 53.4 Å². The summed E-state index contributed by atoms with van der Waals surface area (Å²) in [6, 6.07) is 24.2. The maximum absolute atomic E-state index is 13.4. The number of hydrogen-bond acceptors (Lipinski definition) is 6. The number of nitrogen functional groups attached to an aromatic ring is 1. The monoisotopic (exact) mass is 459 g/mol. The summed E-state index contributed by atoms with van der Waals surface area (Å²) in [6.45, 7) is 2.29. The van der Waals surface area contributed by atoms with E-state index in [0.717, 1.165) is 11.1 Å². The Morgan fingerprint density at radius 3 is 2.52 bits per heavy atom. The smallest absolute Gasteiger partial charge is 0.240 e. The number of hydrogen-bond donors (Lipinski definition) is 1. The maximum atomic E-state index is 13.4. The SMILES string of the molecule is Nn1c(Cc2cccc3ccccc23)nnc1S[C@H](C(=O)N1CCOCC1)c1ccccc1. The summed E-state index contributed by atoms with van der Waals surface area (Å²) in [7, 11) is 0. The molecule has 1 fully saturated rings. The van der Waals surface area contributed by atoms with Crippen LogP contribution in [0.2, 0.25) is 0 Å². The first kappa shape index (κ1) is 21.5. The molecule has 1 atom stereocenters. The molecule has 5 rings (SSSR count). The Bertz CT molecular complexity index is 1250. The molecule has 33 heavy (non-hydrogen) atoms. The number of nitrogens with two attached hydrogens (primary N) is 1. The minimum atomic E-state index is -0.457. The normalized spacial score (nSPS) is 15.0. The number of aromatic nitrogens is 3. The van der Waals surface area contributed by atoms with Crippen LogP contribution in [0.3, 0.4) is 0 Å². The molecule has 0 radical (unpaired) electrons. The van der Waals surface area contributed by atoms with Crippen molar-refractivity contribution in [3.8, 4) is 0 Å². The molecule has 8 heteroatoms. The predicted octanol–water partition coefficient (Wildman–Crippen LogP) is 3.43. The molecule has 0 bridgehead atoms. The van der Waals surface area contributed by atoms with Gasteiger partial charge in [-0.25, -0.2) is 4.68 Å². The summed E-state index contributed by atoms with van der Waals surface area (Å²) < 4.78 is 6.92. The topological polar surface area (TPSA) is 86.3 Å². The second-order valence-corrected chi connectivity index (χ2v) is 9.00. The van der Waals surface area contributed by atoms with Crippen LogP contribution in [-0.2, 0) is 16.0 Å². The van der Waals surface area contributed by atoms with Crippen molar-refractivity contribution in [3.63, 3.8) is 0 Å². The third kappa shape index (κ3) is 4.58. The number of carbonyl (C=O) groups excluding carboxylic acids is 1. The van der Waals surface area contributed by atoms with Crippen LogP contribution in [0.4, 0.5) is 0 Å². The fourth-order valence-electron chi connectivity index (χ4n) is 4.07. The Hall–Kier alpha value is -3.36.